The Morgan fingerprint density at radius 2 is 2.37 bits per heavy atom. The standard InChI is InChI=1S/C13H13NO4S/c1-2-6-17-10-4-3-5-14-12(10)18-9-7-11(13(15)16)19-8-9/h3-5,7-8H,2,6H2,1H3,(H,15,16). The van der Waals surface area contributed by atoms with Crippen LogP contribution in [0.4, 0.5) is 0 Å². The van der Waals surface area contributed by atoms with Crippen LogP contribution in [0.5, 0.6) is 17.4 Å². The van der Waals surface area contributed by atoms with Gasteiger partial charge in [0.25, 0.3) is 5.88 Å². The monoisotopic (exact) mass is 279 g/mol. The molecular weight excluding hydrogens is 266 g/mol. The number of carbonyl (C=O) groups is 1. The van der Waals surface area contributed by atoms with Gasteiger partial charge in [-0.1, -0.05) is 6.92 Å². The van der Waals surface area contributed by atoms with Crippen molar-refractivity contribution in [2.75, 3.05) is 6.61 Å². The first-order valence-electron chi connectivity index (χ1n) is 5.78. The highest BCUT2D eigenvalue weighted by Gasteiger charge is 2.11. The number of carboxylic acids is 1. The first-order chi connectivity index (χ1) is 9.20. The minimum absolute atomic E-state index is 0.224. The third-order valence-corrected chi connectivity index (χ3v) is 3.10. The van der Waals surface area contributed by atoms with E-state index < -0.39 is 5.97 Å². The van der Waals surface area contributed by atoms with Crippen molar-refractivity contribution in [2.45, 2.75) is 13.3 Å². The summed E-state index contributed by atoms with van der Waals surface area (Å²) in [6, 6.07) is 4.99. The van der Waals surface area contributed by atoms with Crippen molar-refractivity contribution in [1.82, 2.24) is 4.98 Å². The molecule has 2 aromatic rings. The molecule has 100 valence electrons. The maximum atomic E-state index is 10.8. The fourth-order valence-electron chi connectivity index (χ4n) is 1.37. The third kappa shape index (κ3) is 3.45. The number of hydrogen-bond acceptors (Lipinski definition) is 5. The van der Waals surface area contributed by atoms with Crippen LogP contribution in [0.3, 0.4) is 0 Å². The van der Waals surface area contributed by atoms with Crippen LogP contribution in [-0.2, 0) is 0 Å². The van der Waals surface area contributed by atoms with E-state index >= 15 is 0 Å². The van der Waals surface area contributed by atoms with Crippen LogP contribution in [0.2, 0.25) is 0 Å². The largest absolute Gasteiger partial charge is 0.488 e. The highest BCUT2D eigenvalue weighted by molar-refractivity contribution is 7.12. The molecule has 1 N–H and O–H groups in total. The quantitative estimate of drug-likeness (QED) is 0.877. The van der Waals surface area contributed by atoms with Crippen LogP contribution in [0.1, 0.15) is 23.0 Å². The fraction of sp³-hybridized carbons (Fsp3) is 0.231. The molecule has 2 heterocycles. The average Bonchev–Trinajstić information content (AvgIpc) is 2.86. The molecule has 0 bridgehead atoms. The summed E-state index contributed by atoms with van der Waals surface area (Å²) < 4.78 is 11.1. The molecule has 0 saturated heterocycles. The van der Waals surface area contributed by atoms with E-state index in [1.54, 1.807) is 23.7 Å². The first kappa shape index (κ1) is 13.4. The number of pyridine rings is 1. The predicted molar refractivity (Wildman–Crippen MR) is 71.4 cm³/mol. The summed E-state index contributed by atoms with van der Waals surface area (Å²) in [7, 11) is 0. The van der Waals surface area contributed by atoms with Gasteiger partial charge in [0.05, 0.1) is 6.61 Å². The summed E-state index contributed by atoms with van der Waals surface area (Å²) >= 11 is 1.11. The smallest absolute Gasteiger partial charge is 0.346 e. The molecule has 0 aliphatic rings. The van der Waals surface area contributed by atoms with Gasteiger partial charge in [-0.15, -0.1) is 11.3 Å². The molecule has 0 fully saturated rings. The molecule has 6 heteroatoms. The van der Waals surface area contributed by atoms with Crippen molar-refractivity contribution in [1.29, 1.82) is 0 Å². The molecule has 0 atom stereocenters. The number of hydrogen-bond donors (Lipinski definition) is 1. The predicted octanol–water partition coefficient (Wildman–Crippen LogP) is 3.42. The molecule has 0 aliphatic heterocycles. The second kappa shape index (κ2) is 6.19. The Morgan fingerprint density at radius 1 is 1.53 bits per heavy atom. The molecule has 0 unspecified atom stereocenters. The lowest BCUT2D eigenvalue weighted by molar-refractivity contribution is 0.0702. The Morgan fingerprint density at radius 3 is 3.05 bits per heavy atom. The second-order valence-corrected chi connectivity index (χ2v) is 4.62. The Bertz CT molecular complexity index is 567. The summed E-state index contributed by atoms with van der Waals surface area (Å²) in [4.78, 5) is 15.1. The highest BCUT2D eigenvalue weighted by Crippen LogP contribution is 2.31. The summed E-state index contributed by atoms with van der Waals surface area (Å²) in [5.74, 6) is 0.365. The van der Waals surface area contributed by atoms with Gasteiger partial charge in [0.15, 0.2) is 5.75 Å². The molecular formula is C13H13NO4S. The fourth-order valence-corrected chi connectivity index (χ4v) is 2.01. The van der Waals surface area contributed by atoms with Gasteiger partial charge in [-0.25, -0.2) is 9.78 Å². The van der Waals surface area contributed by atoms with E-state index in [1.807, 2.05) is 6.92 Å². The van der Waals surface area contributed by atoms with E-state index in [4.69, 9.17) is 14.6 Å². The van der Waals surface area contributed by atoms with Crippen molar-refractivity contribution in [3.63, 3.8) is 0 Å². The number of ether oxygens (including phenoxy) is 2. The van der Waals surface area contributed by atoms with E-state index in [-0.39, 0.29) is 4.88 Å². The average molecular weight is 279 g/mol. The van der Waals surface area contributed by atoms with Crippen LogP contribution < -0.4 is 9.47 Å². The molecule has 2 rings (SSSR count). The van der Waals surface area contributed by atoms with E-state index in [1.165, 1.54) is 6.07 Å². The zero-order valence-electron chi connectivity index (χ0n) is 10.3. The minimum Gasteiger partial charge on any atom is -0.488 e. The lowest BCUT2D eigenvalue weighted by atomic mass is 10.4. The molecule has 2 aromatic heterocycles. The molecule has 0 amide bonds. The van der Waals surface area contributed by atoms with Crippen molar-refractivity contribution in [3.8, 4) is 17.4 Å². The van der Waals surface area contributed by atoms with Crippen molar-refractivity contribution >= 4 is 17.3 Å². The number of thiophene rings is 1. The van der Waals surface area contributed by atoms with Gasteiger partial charge in [0.2, 0.25) is 0 Å². The van der Waals surface area contributed by atoms with Gasteiger partial charge in [0, 0.05) is 17.6 Å². The lowest BCUT2D eigenvalue weighted by Crippen LogP contribution is -1.98. The van der Waals surface area contributed by atoms with Gasteiger partial charge in [-0.05, 0) is 18.6 Å². The summed E-state index contributed by atoms with van der Waals surface area (Å²) in [5, 5.41) is 10.5. The van der Waals surface area contributed by atoms with Crippen LogP contribution in [0, 0.1) is 0 Å². The van der Waals surface area contributed by atoms with Crippen LogP contribution >= 0.6 is 11.3 Å². The van der Waals surface area contributed by atoms with Crippen molar-refractivity contribution in [2.24, 2.45) is 0 Å². The Hall–Kier alpha value is -2.08. The minimum atomic E-state index is -0.969. The lowest BCUT2D eigenvalue weighted by Gasteiger charge is -2.09. The number of nitrogens with zero attached hydrogens (tertiary/aromatic N) is 1. The highest BCUT2D eigenvalue weighted by atomic mass is 32.1. The summed E-state index contributed by atoms with van der Waals surface area (Å²) in [5.41, 5.74) is 0. The SMILES string of the molecule is CCCOc1cccnc1Oc1csc(C(=O)O)c1. The number of aromatic carboxylic acids is 1. The normalized spacial score (nSPS) is 10.2. The number of carboxylic acid groups (broad SMARTS) is 1. The van der Waals surface area contributed by atoms with Crippen LogP contribution in [0.15, 0.2) is 29.8 Å². The third-order valence-electron chi connectivity index (χ3n) is 2.20. The van der Waals surface area contributed by atoms with Gasteiger partial charge in [-0.2, -0.15) is 0 Å². The van der Waals surface area contributed by atoms with Crippen LogP contribution in [0.25, 0.3) is 0 Å². The topological polar surface area (TPSA) is 68.7 Å². The van der Waals surface area contributed by atoms with Crippen molar-refractivity contribution < 1.29 is 19.4 Å². The Labute approximate surface area is 114 Å². The molecule has 0 aromatic carbocycles. The number of rotatable bonds is 6. The van der Waals surface area contributed by atoms with E-state index in [0.717, 1.165) is 17.8 Å². The molecule has 19 heavy (non-hydrogen) atoms. The van der Waals surface area contributed by atoms with E-state index in [9.17, 15) is 4.79 Å². The molecule has 0 aliphatic carbocycles. The number of aromatic nitrogens is 1. The zero-order chi connectivity index (χ0) is 13.7. The van der Waals surface area contributed by atoms with Gasteiger partial charge < -0.3 is 14.6 Å². The van der Waals surface area contributed by atoms with Crippen molar-refractivity contribution in [3.05, 3.63) is 34.7 Å². The molecule has 0 saturated carbocycles. The van der Waals surface area contributed by atoms with Crippen LogP contribution in [-0.4, -0.2) is 22.7 Å². The molecule has 5 nitrogen and oxygen atoms in total. The zero-order valence-corrected chi connectivity index (χ0v) is 11.1. The summed E-state index contributed by atoms with van der Waals surface area (Å²) in [6.45, 7) is 2.58. The van der Waals surface area contributed by atoms with E-state index in [0.29, 0.717) is 24.0 Å². The van der Waals surface area contributed by atoms with Gasteiger partial charge >= 0.3 is 5.97 Å². The van der Waals surface area contributed by atoms with Gasteiger partial charge in [-0.3, -0.25) is 0 Å². The molecule has 0 radical (unpaired) electrons. The Balaban J connectivity index is 2.15. The van der Waals surface area contributed by atoms with E-state index in [2.05, 4.69) is 4.98 Å². The second-order valence-electron chi connectivity index (χ2n) is 3.71. The Kier molecular flexibility index (Phi) is 4.35. The molecule has 0 spiro atoms. The maximum absolute atomic E-state index is 10.8. The summed E-state index contributed by atoms with van der Waals surface area (Å²) in [6.07, 6.45) is 2.48. The van der Waals surface area contributed by atoms with Gasteiger partial charge in [0.1, 0.15) is 10.6 Å². The maximum Gasteiger partial charge on any atom is 0.346 e. The first-order valence-corrected chi connectivity index (χ1v) is 6.66.